The molecule has 0 unspecified atom stereocenters. The molecule has 0 atom stereocenters. The molecule has 60 heavy (non-hydrogen) atoms. The van der Waals surface area contributed by atoms with E-state index in [4.69, 9.17) is 15.0 Å². The molecule has 0 aliphatic heterocycles. The quantitative estimate of drug-likeness (QED) is 0.169. The van der Waals surface area contributed by atoms with Gasteiger partial charge in [-0.2, -0.15) is 0 Å². The standard InChI is InChI=1S/C55H35N5/c1-4-14-36(15-5-1)37-24-27-40(28-25-37)54-56-53(39-16-6-2-7-17-39)57-55(58-54)41-29-26-38-30-31-44(33-42(38)32-41)60-50-23-13-11-21-46(50)48-34-51-47(35-52(48)60)45-20-10-12-22-49(45)59(51)43-18-8-3-9-19-43/h1-35H. The summed E-state index contributed by atoms with van der Waals surface area (Å²) in [5.74, 6) is 1.91. The van der Waals surface area contributed by atoms with Crippen LogP contribution >= 0.6 is 0 Å². The van der Waals surface area contributed by atoms with Gasteiger partial charge in [0.05, 0.1) is 22.1 Å². The van der Waals surface area contributed by atoms with E-state index in [0.717, 1.165) is 44.4 Å². The molecule has 0 N–H and O–H groups in total. The molecule has 12 rings (SSSR count). The highest BCUT2D eigenvalue weighted by atomic mass is 15.0. The predicted molar refractivity (Wildman–Crippen MR) is 248 cm³/mol. The van der Waals surface area contributed by atoms with Gasteiger partial charge in [0.15, 0.2) is 17.5 Å². The summed E-state index contributed by atoms with van der Waals surface area (Å²) in [4.78, 5) is 15.2. The van der Waals surface area contributed by atoms with Gasteiger partial charge in [0.2, 0.25) is 0 Å². The molecular formula is C55H35N5. The Labute approximate surface area is 346 Å². The zero-order chi connectivity index (χ0) is 39.6. The van der Waals surface area contributed by atoms with Crippen LogP contribution in [0.2, 0.25) is 0 Å². The van der Waals surface area contributed by atoms with Gasteiger partial charge in [-0.25, -0.2) is 15.0 Å². The lowest BCUT2D eigenvalue weighted by atomic mass is 10.0. The van der Waals surface area contributed by atoms with Crippen molar-refractivity contribution in [2.75, 3.05) is 0 Å². The van der Waals surface area contributed by atoms with Crippen molar-refractivity contribution in [1.29, 1.82) is 0 Å². The number of para-hydroxylation sites is 3. The molecule has 280 valence electrons. The largest absolute Gasteiger partial charge is 0.309 e. The zero-order valence-electron chi connectivity index (χ0n) is 32.4. The average Bonchev–Trinajstić information content (AvgIpc) is 3.83. The van der Waals surface area contributed by atoms with Crippen LogP contribution in [0.1, 0.15) is 0 Å². The van der Waals surface area contributed by atoms with Crippen molar-refractivity contribution in [3.8, 4) is 56.7 Å². The summed E-state index contributed by atoms with van der Waals surface area (Å²) in [6.45, 7) is 0. The van der Waals surface area contributed by atoms with Gasteiger partial charge in [0.1, 0.15) is 0 Å². The molecule has 3 heterocycles. The lowest BCUT2D eigenvalue weighted by Crippen LogP contribution is -2.00. The third-order valence-electron chi connectivity index (χ3n) is 11.7. The minimum absolute atomic E-state index is 0.632. The summed E-state index contributed by atoms with van der Waals surface area (Å²) in [6.07, 6.45) is 0. The van der Waals surface area contributed by atoms with E-state index in [-0.39, 0.29) is 0 Å². The number of hydrogen-bond donors (Lipinski definition) is 0. The van der Waals surface area contributed by atoms with Gasteiger partial charge in [-0.05, 0) is 76.5 Å². The Morgan fingerprint density at radius 3 is 1.30 bits per heavy atom. The number of aromatic nitrogens is 5. The summed E-state index contributed by atoms with van der Waals surface area (Å²) >= 11 is 0. The number of benzene rings is 9. The molecule has 0 bridgehead atoms. The number of rotatable bonds is 6. The summed E-state index contributed by atoms with van der Waals surface area (Å²) in [7, 11) is 0. The Morgan fingerprint density at radius 1 is 0.250 bits per heavy atom. The lowest BCUT2D eigenvalue weighted by molar-refractivity contribution is 1.07. The summed E-state index contributed by atoms with van der Waals surface area (Å²) in [6, 6.07) is 75.2. The first-order chi connectivity index (χ1) is 29.7. The molecule has 0 aliphatic carbocycles. The number of nitrogens with zero attached hydrogens (tertiary/aromatic N) is 5. The van der Waals surface area contributed by atoms with E-state index in [1.165, 1.54) is 49.2 Å². The highest BCUT2D eigenvalue weighted by Gasteiger charge is 2.19. The molecule has 3 aromatic heterocycles. The Bertz CT molecular complexity index is 3570. The SMILES string of the molecule is c1ccc(-c2ccc(-c3nc(-c4ccccc4)nc(-c4ccc5ccc(-n6c7ccccc7c7cc8c(cc76)c6ccccc6n8-c6ccccc6)cc5c4)n3)cc2)cc1. The van der Waals surface area contributed by atoms with Gasteiger partial charge in [-0.15, -0.1) is 0 Å². The molecule has 5 nitrogen and oxygen atoms in total. The van der Waals surface area contributed by atoms with Crippen molar-refractivity contribution in [2.24, 2.45) is 0 Å². The second-order valence-corrected chi connectivity index (χ2v) is 15.3. The van der Waals surface area contributed by atoms with Crippen LogP contribution in [0.4, 0.5) is 0 Å². The molecule has 0 radical (unpaired) electrons. The van der Waals surface area contributed by atoms with E-state index >= 15 is 0 Å². The third kappa shape index (κ3) is 5.59. The van der Waals surface area contributed by atoms with E-state index in [0.29, 0.717) is 17.5 Å². The van der Waals surface area contributed by atoms with Crippen molar-refractivity contribution in [2.45, 2.75) is 0 Å². The molecule has 0 aliphatic rings. The Balaban J connectivity index is 1.02. The Morgan fingerprint density at radius 2 is 0.683 bits per heavy atom. The fraction of sp³-hybridized carbons (Fsp3) is 0. The van der Waals surface area contributed by atoms with Crippen LogP contribution in [0.3, 0.4) is 0 Å². The molecule has 0 spiro atoms. The fourth-order valence-corrected chi connectivity index (χ4v) is 8.87. The lowest BCUT2D eigenvalue weighted by Gasteiger charge is -2.12. The molecule has 0 fully saturated rings. The summed E-state index contributed by atoms with van der Waals surface area (Å²) in [5.41, 5.74) is 12.1. The first kappa shape index (κ1) is 33.9. The topological polar surface area (TPSA) is 48.5 Å². The maximum atomic E-state index is 5.11. The molecule has 0 amide bonds. The second-order valence-electron chi connectivity index (χ2n) is 15.3. The van der Waals surface area contributed by atoms with Crippen molar-refractivity contribution in [1.82, 2.24) is 24.1 Å². The first-order valence-electron chi connectivity index (χ1n) is 20.3. The predicted octanol–water partition coefficient (Wildman–Crippen LogP) is 13.9. The maximum Gasteiger partial charge on any atom is 0.164 e. The highest BCUT2D eigenvalue weighted by Crippen LogP contribution is 2.40. The molecule has 5 heteroatoms. The minimum Gasteiger partial charge on any atom is -0.309 e. The van der Waals surface area contributed by atoms with E-state index in [1.807, 2.05) is 36.4 Å². The minimum atomic E-state index is 0.632. The van der Waals surface area contributed by atoms with Crippen LogP contribution in [0.5, 0.6) is 0 Å². The molecule has 0 saturated carbocycles. The highest BCUT2D eigenvalue weighted by molar-refractivity contribution is 6.19. The smallest absolute Gasteiger partial charge is 0.164 e. The molecule has 9 aromatic carbocycles. The van der Waals surface area contributed by atoms with Crippen LogP contribution < -0.4 is 0 Å². The van der Waals surface area contributed by atoms with E-state index in [9.17, 15) is 0 Å². The monoisotopic (exact) mass is 765 g/mol. The van der Waals surface area contributed by atoms with Crippen molar-refractivity contribution in [3.63, 3.8) is 0 Å². The molecule has 0 saturated heterocycles. The number of fused-ring (bicyclic) bond motifs is 7. The third-order valence-corrected chi connectivity index (χ3v) is 11.7. The van der Waals surface area contributed by atoms with Crippen LogP contribution in [-0.4, -0.2) is 24.1 Å². The van der Waals surface area contributed by atoms with Gasteiger partial charge in [0, 0.05) is 49.6 Å². The van der Waals surface area contributed by atoms with E-state index in [2.05, 4.69) is 185 Å². The van der Waals surface area contributed by atoms with Gasteiger partial charge < -0.3 is 9.13 Å². The number of hydrogen-bond acceptors (Lipinski definition) is 3. The Kier molecular flexibility index (Phi) is 7.78. The average molecular weight is 766 g/mol. The zero-order valence-corrected chi connectivity index (χ0v) is 32.4. The van der Waals surface area contributed by atoms with E-state index < -0.39 is 0 Å². The fourth-order valence-electron chi connectivity index (χ4n) is 8.87. The Hall–Kier alpha value is -8.15. The van der Waals surface area contributed by atoms with Crippen LogP contribution in [0.25, 0.3) is 111 Å². The normalized spacial score (nSPS) is 11.7. The maximum absolute atomic E-state index is 5.11. The van der Waals surface area contributed by atoms with Crippen molar-refractivity contribution >= 4 is 54.4 Å². The molecular weight excluding hydrogens is 731 g/mol. The summed E-state index contributed by atoms with van der Waals surface area (Å²) < 4.78 is 4.81. The van der Waals surface area contributed by atoms with Gasteiger partial charge in [-0.1, -0.05) is 158 Å². The van der Waals surface area contributed by atoms with Gasteiger partial charge in [-0.3, -0.25) is 0 Å². The van der Waals surface area contributed by atoms with Gasteiger partial charge >= 0.3 is 0 Å². The van der Waals surface area contributed by atoms with Crippen LogP contribution in [0.15, 0.2) is 212 Å². The summed E-state index contributed by atoms with van der Waals surface area (Å²) in [5, 5.41) is 7.14. The van der Waals surface area contributed by atoms with Crippen LogP contribution in [0, 0.1) is 0 Å². The first-order valence-corrected chi connectivity index (χ1v) is 20.3. The van der Waals surface area contributed by atoms with Crippen molar-refractivity contribution in [3.05, 3.63) is 212 Å². The van der Waals surface area contributed by atoms with Crippen molar-refractivity contribution < 1.29 is 0 Å². The molecule has 12 aromatic rings. The van der Waals surface area contributed by atoms with E-state index in [1.54, 1.807) is 0 Å². The van der Waals surface area contributed by atoms with Gasteiger partial charge in [0.25, 0.3) is 0 Å². The second kappa shape index (κ2) is 13.8. The van der Waals surface area contributed by atoms with Crippen LogP contribution in [-0.2, 0) is 0 Å².